The Morgan fingerprint density at radius 1 is 0.667 bits per heavy atom. The fraction of sp³-hybridized carbons (Fsp3) is 0.0556. The molecule has 3 nitrogen and oxygen atoms in total. The Morgan fingerprint density at radius 3 is 1.92 bits per heavy atom. The number of allylic oxidation sites excluding steroid dienone is 4. The van der Waals surface area contributed by atoms with Crippen LogP contribution >= 0.6 is 0 Å². The van der Waals surface area contributed by atoms with Crippen LogP contribution in [0.25, 0.3) is 27.5 Å². The van der Waals surface area contributed by atoms with E-state index in [4.69, 9.17) is 9.47 Å². The van der Waals surface area contributed by atoms with Crippen molar-refractivity contribution in [3.63, 3.8) is 0 Å². The van der Waals surface area contributed by atoms with Crippen molar-refractivity contribution in [2.24, 2.45) is 0 Å². The molecule has 0 N–H and O–H groups in total. The number of para-hydroxylation sites is 2. The minimum Gasteiger partial charge on any atom is -0.496 e. The topological polar surface area (TPSA) is 21.7 Å². The van der Waals surface area contributed by atoms with Gasteiger partial charge in [0.2, 0.25) is 0 Å². The SMILES string of the molecule is C=C/C=C\C(=C)c1cccc2c(-c3ccc(N(c4ccccc4)c4ccccc4)cc3OC)ccc(OC)c12. The van der Waals surface area contributed by atoms with E-state index in [-0.39, 0.29) is 0 Å². The highest BCUT2D eigenvalue weighted by Gasteiger charge is 2.18. The van der Waals surface area contributed by atoms with Crippen LogP contribution in [0.2, 0.25) is 0 Å². The average Bonchev–Trinajstić information content (AvgIpc) is 3.00. The molecule has 0 bridgehead atoms. The van der Waals surface area contributed by atoms with Gasteiger partial charge in [-0.25, -0.2) is 0 Å². The molecular formula is C36H31NO2. The first-order valence-electron chi connectivity index (χ1n) is 12.8. The maximum Gasteiger partial charge on any atom is 0.128 e. The van der Waals surface area contributed by atoms with Crippen molar-refractivity contribution in [2.45, 2.75) is 0 Å². The molecule has 0 aliphatic carbocycles. The number of hydrogen-bond donors (Lipinski definition) is 0. The molecular weight excluding hydrogens is 478 g/mol. The van der Waals surface area contributed by atoms with Gasteiger partial charge in [-0.15, -0.1) is 0 Å². The molecule has 0 saturated carbocycles. The van der Waals surface area contributed by atoms with E-state index in [1.807, 2.05) is 30.4 Å². The predicted molar refractivity (Wildman–Crippen MR) is 166 cm³/mol. The van der Waals surface area contributed by atoms with Crippen LogP contribution in [0, 0.1) is 0 Å². The average molecular weight is 510 g/mol. The first-order chi connectivity index (χ1) is 19.2. The van der Waals surface area contributed by atoms with Crippen molar-refractivity contribution in [3.05, 3.63) is 146 Å². The number of nitrogens with zero attached hydrogens (tertiary/aromatic N) is 1. The molecule has 0 aliphatic rings. The molecule has 5 aromatic rings. The van der Waals surface area contributed by atoms with Crippen LogP contribution < -0.4 is 14.4 Å². The summed E-state index contributed by atoms with van der Waals surface area (Å²) in [5.41, 5.74) is 7.11. The Kier molecular flexibility index (Phi) is 7.60. The van der Waals surface area contributed by atoms with Crippen LogP contribution in [0.15, 0.2) is 141 Å². The molecule has 0 unspecified atom stereocenters. The summed E-state index contributed by atoms with van der Waals surface area (Å²) in [5.74, 6) is 1.58. The first-order valence-corrected chi connectivity index (χ1v) is 12.8. The van der Waals surface area contributed by atoms with Crippen LogP contribution in [-0.2, 0) is 0 Å². The minimum absolute atomic E-state index is 0.784. The van der Waals surface area contributed by atoms with Crippen molar-refractivity contribution < 1.29 is 9.47 Å². The lowest BCUT2D eigenvalue weighted by atomic mass is 9.92. The van der Waals surface area contributed by atoms with Gasteiger partial charge in [0, 0.05) is 34.1 Å². The molecule has 0 aromatic heterocycles. The Hall–Kier alpha value is -5.02. The van der Waals surface area contributed by atoms with Crippen molar-refractivity contribution in [3.8, 4) is 22.6 Å². The zero-order valence-electron chi connectivity index (χ0n) is 22.3. The molecule has 5 aromatic carbocycles. The number of benzene rings is 5. The minimum atomic E-state index is 0.784. The third kappa shape index (κ3) is 5.07. The van der Waals surface area contributed by atoms with Crippen LogP contribution in [0.5, 0.6) is 11.5 Å². The van der Waals surface area contributed by atoms with E-state index in [9.17, 15) is 0 Å². The molecule has 0 aliphatic heterocycles. The highest BCUT2D eigenvalue weighted by Crippen LogP contribution is 2.44. The highest BCUT2D eigenvalue weighted by molar-refractivity contribution is 6.07. The van der Waals surface area contributed by atoms with E-state index in [0.29, 0.717) is 0 Å². The molecule has 39 heavy (non-hydrogen) atoms. The van der Waals surface area contributed by atoms with Gasteiger partial charge in [0.05, 0.1) is 14.2 Å². The van der Waals surface area contributed by atoms with Crippen molar-refractivity contribution in [1.82, 2.24) is 0 Å². The summed E-state index contributed by atoms with van der Waals surface area (Å²) in [7, 11) is 3.42. The van der Waals surface area contributed by atoms with Crippen LogP contribution in [0.4, 0.5) is 17.1 Å². The lowest BCUT2D eigenvalue weighted by molar-refractivity contribution is 0.416. The Balaban J connectivity index is 1.68. The molecule has 0 fully saturated rings. The van der Waals surface area contributed by atoms with Gasteiger partial charge in [0.15, 0.2) is 0 Å². The number of anilines is 3. The van der Waals surface area contributed by atoms with Gasteiger partial charge in [-0.1, -0.05) is 86.0 Å². The number of methoxy groups -OCH3 is 2. The van der Waals surface area contributed by atoms with E-state index in [0.717, 1.165) is 61.6 Å². The molecule has 192 valence electrons. The maximum atomic E-state index is 6.00. The summed E-state index contributed by atoms with van der Waals surface area (Å²) in [6, 6.07) is 37.4. The van der Waals surface area contributed by atoms with E-state index in [1.165, 1.54) is 0 Å². The van der Waals surface area contributed by atoms with Crippen molar-refractivity contribution >= 4 is 33.4 Å². The van der Waals surface area contributed by atoms with E-state index < -0.39 is 0 Å². The summed E-state index contributed by atoms with van der Waals surface area (Å²) >= 11 is 0. The second kappa shape index (κ2) is 11.6. The van der Waals surface area contributed by atoms with Crippen LogP contribution in [0.1, 0.15) is 5.56 Å². The lowest BCUT2D eigenvalue weighted by Gasteiger charge is -2.26. The number of fused-ring (bicyclic) bond motifs is 1. The summed E-state index contributed by atoms with van der Waals surface area (Å²) in [6.07, 6.45) is 5.61. The van der Waals surface area contributed by atoms with Crippen LogP contribution in [0.3, 0.4) is 0 Å². The van der Waals surface area contributed by atoms with Gasteiger partial charge in [-0.2, -0.15) is 0 Å². The summed E-state index contributed by atoms with van der Waals surface area (Å²) in [4.78, 5) is 2.23. The number of rotatable bonds is 9. The van der Waals surface area contributed by atoms with Crippen LogP contribution in [-0.4, -0.2) is 14.2 Å². The normalized spacial score (nSPS) is 10.9. The zero-order chi connectivity index (χ0) is 27.2. The van der Waals surface area contributed by atoms with Crippen molar-refractivity contribution in [1.29, 1.82) is 0 Å². The summed E-state index contributed by atoms with van der Waals surface area (Å²) in [5, 5.41) is 2.08. The molecule has 0 heterocycles. The molecule has 5 rings (SSSR count). The fourth-order valence-electron chi connectivity index (χ4n) is 4.96. The third-order valence-electron chi connectivity index (χ3n) is 6.76. The molecule has 0 spiro atoms. The quantitative estimate of drug-likeness (QED) is 0.185. The standard InChI is InChI=1S/C36H31NO2/c1-5-6-14-26(2)30-19-13-20-33-31(23-24-34(38-3)36(30)33)32-22-21-29(25-35(32)39-4)37(27-15-9-7-10-16-27)28-17-11-8-12-18-28/h5-25H,1-2H2,3-4H3/b14-6-. The van der Waals surface area contributed by atoms with E-state index in [1.54, 1.807) is 20.3 Å². The van der Waals surface area contributed by atoms with Crippen molar-refractivity contribution in [2.75, 3.05) is 19.1 Å². The monoisotopic (exact) mass is 509 g/mol. The Bertz CT molecular complexity index is 1610. The second-order valence-corrected chi connectivity index (χ2v) is 9.05. The van der Waals surface area contributed by atoms with Gasteiger partial charge in [-0.3, -0.25) is 0 Å². The molecule has 0 radical (unpaired) electrons. The molecule has 3 heteroatoms. The van der Waals surface area contributed by atoms with Gasteiger partial charge >= 0.3 is 0 Å². The Labute approximate surface area is 230 Å². The Morgan fingerprint density at radius 2 is 1.31 bits per heavy atom. The van der Waals surface area contributed by atoms with Gasteiger partial charge in [-0.05, 0) is 70.6 Å². The molecule has 0 atom stereocenters. The van der Waals surface area contributed by atoms with Gasteiger partial charge in [0.25, 0.3) is 0 Å². The van der Waals surface area contributed by atoms with Gasteiger partial charge < -0.3 is 14.4 Å². The molecule has 0 saturated heterocycles. The third-order valence-corrected chi connectivity index (χ3v) is 6.76. The fourth-order valence-corrected chi connectivity index (χ4v) is 4.96. The second-order valence-electron chi connectivity index (χ2n) is 9.05. The zero-order valence-corrected chi connectivity index (χ0v) is 22.3. The highest BCUT2D eigenvalue weighted by atomic mass is 16.5. The maximum absolute atomic E-state index is 6.00. The predicted octanol–water partition coefficient (Wildman–Crippen LogP) is 9.75. The smallest absolute Gasteiger partial charge is 0.128 e. The summed E-state index contributed by atoms with van der Waals surface area (Å²) in [6.45, 7) is 8.08. The van der Waals surface area contributed by atoms with E-state index >= 15 is 0 Å². The first kappa shape index (κ1) is 25.6. The molecule has 0 amide bonds. The lowest BCUT2D eigenvalue weighted by Crippen LogP contribution is -2.10. The van der Waals surface area contributed by atoms with Gasteiger partial charge in [0.1, 0.15) is 11.5 Å². The summed E-state index contributed by atoms with van der Waals surface area (Å²) < 4.78 is 11.8. The largest absolute Gasteiger partial charge is 0.496 e. The number of hydrogen-bond acceptors (Lipinski definition) is 3. The number of ether oxygens (including phenoxy) is 2. The van der Waals surface area contributed by atoms with E-state index in [2.05, 4.69) is 109 Å².